The van der Waals surface area contributed by atoms with Gasteiger partial charge in [-0.15, -0.1) is 12.4 Å². The lowest BCUT2D eigenvalue weighted by Gasteiger charge is -2.36. The summed E-state index contributed by atoms with van der Waals surface area (Å²) in [4.78, 5) is 14.1. The molecule has 0 radical (unpaired) electrons. The molecule has 0 N–H and O–H groups in total. The predicted octanol–water partition coefficient (Wildman–Crippen LogP) is 3.29. The molecule has 2 atom stereocenters. The van der Waals surface area contributed by atoms with Gasteiger partial charge in [0.25, 0.3) is 0 Å². The van der Waals surface area contributed by atoms with Crippen LogP contribution in [0.2, 0.25) is 0 Å². The van der Waals surface area contributed by atoms with Gasteiger partial charge in [-0.05, 0) is 26.5 Å². The molecule has 0 bridgehead atoms. The number of hydrogen-bond acceptors (Lipinski definition) is 3. The van der Waals surface area contributed by atoms with Crippen molar-refractivity contribution in [3.63, 3.8) is 0 Å². The first kappa shape index (κ1) is 17.0. The number of halogens is 1. The number of aryl methyl sites for hydroxylation is 1. The Morgan fingerprint density at radius 3 is 2.60 bits per heavy atom. The van der Waals surface area contributed by atoms with Crippen LogP contribution in [0.25, 0.3) is 0 Å². The molecule has 4 heteroatoms. The molecule has 0 saturated carbocycles. The van der Waals surface area contributed by atoms with Crippen molar-refractivity contribution in [2.75, 3.05) is 13.6 Å². The van der Waals surface area contributed by atoms with E-state index < -0.39 is 5.60 Å². The number of nitrogens with zero attached hydrogens (tertiary/aromatic N) is 1. The third-order valence-corrected chi connectivity index (χ3v) is 4.36. The van der Waals surface area contributed by atoms with Crippen LogP contribution in [0.5, 0.6) is 0 Å². The molecule has 2 unspecified atom stereocenters. The number of carbonyl (C=O) groups excluding carboxylic acids is 1. The monoisotopic (exact) mass is 297 g/mol. The van der Waals surface area contributed by atoms with Crippen molar-refractivity contribution in [2.45, 2.75) is 45.3 Å². The second kappa shape index (κ2) is 6.59. The molecule has 1 saturated heterocycles. The molecule has 1 aliphatic rings. The van der Waals surface area contributed by atoms with Crippen molar-refractivity contribution in [1.82, 2.24) is 4.90 Å². The maximum atomic E-state index is 11.9. The van der Waals surface area contributed by atoms with E-state index in [0.717, 1.165) is 18.5 Å². The van der Waals surface area contributed by atoms with E-state index in [1.165, 1.54) is 5.56 Å². The molecule has 0 aromatic heterocycles. The minimum Gasteiger partial charge on any atom is -0.452 e. The van der Waals surface area contributed by atoms with E-state index in [9.17, 15) is 4.79 Å². The number of benzene rings is 1. The number of likely N-dealkylation sites (tertiary alicyclic amines) is 1. The van der Waals surface area contributed by atoms with Crippen molar-refractivity contribution in [2.24, 2.45) is 0 Å². The maximum Gasteiger partial charge on any atom is 0.306 e. The lowest BCUT2D eigenvalue weighted by atomic mass is 9.84. The van der Waals surface area contributed by atoms with Gasteiger partial charge in [0.1, 0.15) is 0 Å². The van der Waals surface area contributed by atoms with E-state index >= 15 is 0 Å². The summed E-state index contributed by atoms with van der Waals surface area (Å²) in [6.07, 6.45) is 1.28. The zero-order valence-corrected chi connectivity index (χ0v) is 13.5. The summed E-state index contributed by atoms with van der Waals surface area (Å²) in [5, 5.41) is 0. The van der Waals surface area contributed by atoms with Crippen LogP contribution in [0.15, 0.2) is 24.3 Å². The molecule has 1 fully saturated rings. The van der Waals surface area contributed by atoms with E-state index in [0.29, 0.717) is 6.42 Å². The number of esters is 1. The van der Waals surface area contributed by atoms with Gasteiger partial charge in [0.2, 0.25) is 0 Å². The van der Waals surface area contributed by atoms with Gasteiger partial charge in [0, 0.05) is 24.9 Å². The summed E-state index contributed by atoms with van der Waals surface area (Å²) in [6.45, 7) is 7.02. The summed E-state index contributed by atoms with van der Waals surface area (Å²) in [5.41, 5.74) is 1.84. The molecule has 0 spiro atoms. The smallest absolute Gasteiger partial charge is 0.306 e. The molecule has 1 aromatic carbocycles. The van der Waals surface area contributed by atoms with E-state index in [1.54, 1.807) is 0 Å². The van der Waals surface area contributed by atoms with Gasteiger partial charge in [-0.3, -0.25) is 9.69 Å². The minimum absolute atomic E-state index is 0. The Balaban J connectivity index is 0.00000200. The molecule has 3 nitrogen and oxygen atoms in total. The summed E-state index contributed by atoms with van der Waals surface area (Å²) in [6, 6.07) is 8.42. The standard InChI is InChI=1S/C16H23NO2.ClH/c1-5-15(18)19-16(10-11-17(4)13(16)3)14-9-7-6-8-12(14)2;/h6-9,13H,5,10-11H2,1-4H3;1H. The highest BCUT2D eigenvalue weighted by Gasteiger charge is 2.48. The highest BCUT2D eigenvalue weighted by atomic mass is 35.5. The first-order valence-corrected chi connectivity index (χ1v) is 6.99. The van der Waals surface area contributed by atoms with Gasteiger partial charge >= 0.3 is 5.97 Å². The van der Waals surface area contributed by atoms with E-state index in [2.05, 4.69) is 37.9 Å². The Morgan fingerprint density at radius 2 is 2.10 bits per heavy atom. The van der Waals surface area contributed by atoms with Gasteiger partial charge < -0.3 is 4.74 Å². The highest BCUT2D eigenvalue weighted by molar-refractivity contribution is 5.85. The number of ether oxygens (including phenoxy) is 1. The van der Waals surface area contributed by atoms with E-state index in [1.807, 2.05) is 19.1 Å². The number of carbonyl (C=O) groups is 1. The van der Waals surface area contributed by atoms with Gasteiger partial charge in [0.15, 0.2) is 5.60 Å². The lowest BCUT2D eigenvalue weighted by molar-refractivity contribution is -0.163. The summed E-state index contributed by atoms with van der Waals surface area (Å²) in [5.74, 6) is -0.120. The van der Waals surface area contributed by atoms with Crippen LogP contribution in [-0.4, -0.2) is 30.5 Å². The van der Waals surface area contributed by atoms with Crippen LogP contribution in [-0.2, 0) is 15.1 Å². The van der Waals surface area contributed by atoms with Crippen molar-refractivity contribution in [3.8, 4) is 0 Å². The third-order valence-electron chi connectivity index (χ3n) is 4.36. The van der Waals surface area contributed by atoms with Crippen molar-refractivity contribution in [3.05, 3.63) is 35.4 Å². The van der Waals surface area contributed by atoms with Crippen LogP contribution in [0, 0.1) is 6.92 Å². The van der Waals surface area contributed by atoms with Gasteiger partial charge in [-0.2, -0.15) is 0 Å². The molecule has 1 aliphatic heterocycles. The second-order valence-corrected chi connectivity index (χ2v) is 5.44. The number of likely N-dealkylation sites (N-methyl/N-ethyl adjacent to an activating group) is 1. The summed E-state index contributed by atoms with van der Waals surface area (Å²) < 4.78 is 5.92. The molecular weight excluding hydrogens is 274 g/mol. The normalized spacial score (nSPS) is 26.1. The Morgan fingerprint density at radius 1 is 1.45 bits per heavy atom. The molecule has 20 heavy (non-hydrogen) atoms. The Kier molecular flexibility index (Phi) is 5.60. The summed E-state index contributed by atoms with van der Waals surface area (Å²) in [7, 11) is 2.09. The number of rotatable bonds is 3. The van der Waals surface area contributed by atoms with Crippen LogP contribution in [0.3, 0.4) is 0 Å². The SMILES string of the molecule is CCC(=O)OC1(c2ccccc2C)CCN(C)C1C.Cl. The molecule has 1 aromatic rings. The molecule has 2 rings (SSSR count). The second-order valence-electron chi connectivity index (χ2n) is 5.44. The first-order valence-electron chi connectivity index (χ1n) is 6.99. The summed E-state index contributed by atoms with van der Waals surface area (Å²) >= 11 is 0. The van der Waals surface area contributed by atoms with Gasteiger partial charge in [0.05, 0.1) is 6.04 Å². The lowest BCUT2D eigenvalue weighted by Crippen LogP contribution is -2.43. The average molecular weight is 298 g/mol. The van der Waals surface area contributed by atoms with Crippen LogP contribution >= 0.6 is 12.4 Å². The zero-order valence-electron chi connectivity index (χ0n) is 12.7. The first-order chi connectivity index (χ1) is 9.01. The van der Waals surface area contributed by atoms with Crippen molar-refractivity contribution >= 4 is 18.4 Å². The topological polar surface area (TPSA) is 29.5 Å². The number of hydrogen-bond donors (Lipinski definition) is 0. The third kappa shape index (κ3) is 2.84. The Hall–Kier alpha value is -1.06. The van der Waals surface area contributed by atoms with Crippen molar-refractivity contribution in [1.29, 1.82) is 0 Å². The van der Waals surface area contributed by atoms with Gasteiger partial charge in [-0.1, -0.05) is 31.2 Å². The molecule has 0 amide bonds. The fourth-order valence-electron chi connectivity index (χ4n) is 2.97. The molecule has 1 heterocycles. The van der Waals surface area contributed by atoms with E-state index in [4.69, 9.17) is 4.74 Å². The zero-order chi connectivity index (χ0) is 14.0. The Labute approximate surface area is 127 Å². The maximum absolute atomic E-state index is 11.9. The fraction of sp³-hybridized carbons (Fsp3) is 0.562. The average Bonchev–Trinajstić information content (AvgIpc) is 2.68. The Bertz CT molecular complexity index is 477. The van der Waals surface area contributed by atoms with Crippen molar-refractivity contribution < 1.29 is 9.53 Å². The highest BCUT2D eigenvalue weighted by Crippen LogP contribution is 2.42. The molecular formula is C16H24ClNO2. The van der Waals surface area contributed by atoms with Crippen LogP contribution in [0.4, 0.5) is 0 Å². The quantitative estimate of drug-likeness (QED) is 0.802. The fourth-order valence-corrected chi connectivity index (χ4v) is 2.97. The van der Waals surface area contributed by atoms with Crippen LogP contribution < -0.4 is 0 Å². The predicted molar refractivity (Wildman–Crippen MR) is 83.2 cm³/mol. The van der Waals surface area contributed by atoms with Gasteiger partial charge in [-0.25, -0.2) is 0 Å². The van der Waals surface area contributed by atoms with Crippen LogP contribution in [0.1, 0.15) is 37.8 Å². The molecule has 0 aliphatic carbocycles. The molecule has 112 valence electrons. The largest absolute Gasteiger partial charge is 0.452 e. The van der Waals surface area contributed by atoms with E-state index in [-0.39, 0.29) is 24.4 Å². The minimum atomic E-state index is -0.493.